The lowest BCUT2D eigenvalue weighted by Gasteiger charge is -2.14. The van der Waals surface area contributed by atoms with Gasteiger partial charge in [-0.2, -0.15) is 0 Å². The molecule has 2 aromatic rings. The van der Waals surface area contributed by atoms with Gasteiger partial charge in [0, 0.05) is 11.4 Å². The summed E-state index contributed by atoms with van der Waals surface area (Å²) in [7, 11) is 0. The molecule has 28 heavy (non-hydrogen) atoms. The molecule has 0 unspecified atom stereocenters. The Hall–Kier alpha value is -2.60. The van der Waals surface area contributed by atoms with Crippen LogP contribution in [-0.4, -0.2) is 33.6 Å². The number of thioether (sulfide) groups is 1. The summed E-state index contributed by atoms with van der Waals surface area (Å²) < 4.78 is 5.62. The Morgan fingerprint density at radius 1 is 1.07 bits per heavy atom. The van der Waals surface area contributed by atoms with Crippen molar-refractivity contribution in [2.45, 2.75) is 39.0 Å². The summed E-state index contributed by atoms with van der Waals surface area (Å²) in [5.74, 6) is 0.225. The number of pyridine rings is 1. The highest BCUT2D eigenvalue weighted by molar-refractivity contribution is 8.04. The first-order chi connectivity index (χ1) is 13.5. The summed E-state index contributed by atoms with van der Waals surface area (Å²) in [6.45, 7) is 6.88. The summed E-state index contributed by atoms with van der Waals surface area (Å²) in [5, 5.41) is 0.184. The fourth-order valence-electron chi connectivity index (χ4n) is 2.89. The number of rotatable bonds is 8. The van der Waals surface area contributed by atoms with Gasteiger partial charge in [-0.05, 0) is 36.2 Å². The molecule has 0 aliphatic carbocycles. The predicted octanol–water partition coefficient (Wildman–Crippen LogP) is 4.29. The van der Waals surface area contributed by atoms with Crippen molar-refractivity contribution >= 4 is 29.1 Å². The van der Waals surface area contributed by atoms with E-state index in [2.05, 4.69) is 4.98 Å². The van der Waals surface area contributed by atoms with Crippen molar-refractivity contribution in [3.05, 3.63) is 64.8 Å². The largest absolute Gasteiger partial charge is 0.494 e. The van der Waals surface area contributed by atoms with E-state index in [1.165, 1.54) is 16.7 Å². The monoisotopic (exact) mass is 396 g/mol. The van der Waals surface area contributed by atoms with Gasteiger partial charge in [-0.3, -0.25) is 19.5 Å². The number of carbonyl (C=O) groups excluding carboxylic acids is 2. The minimum Gasteiger partial charge on any atom is -0.494 e. The molecule has 0 atom stereocenters. The molecule has 0 N–H and O–H groups in total. The number of ether oxygens (including phenoxy) is 1. The van der Waals surface area contributed by atoms with Gasteiger partial charge in [-0.1, -0.05) is 39.0 Å². The molecular weight excluding hydrogens is 372 g/mol. The average molecular weight is 397 g/mol. The van der Waals surface area contributed by atoms with Crippen LogP contribution in [0.3, 0.4) is 0 Å². The number of aromatic nitrogens is 1. The second kappa shape index (κ2) is 9.06. The number of hydrogen-bond acceptors (Lipinski definition) is 5. The average Bonchev–Trinajstić information content (AvgIpc) is 2.91. The Morgan fingerprint density at radius 3 is 2.43 bits per heavy atom. The van der Waals surface area contributed by atoms with Crippen LogP contribution in [-0.2, 0) is 16.1 Å². The van der Waals surface area contributed by atoms with Crippen LogP contribution in [0.1, 0.15) is 38.4 Å². The molecular formula is C22H24N2O3S. The first-order valence-electron chi connectivity index (χ1n) is 9.41. The van der Waals surface area contributed by atoms with Gasteiger partial charge in [-0.15, -0.1) is 11.8 Å². The van der Waals surface area contributed by atoms with Crippen molar-refractivity contribution in [3.8, 4) is 5.75 Å². The summed E-state index contributed by atoms with van der Waals surface area (Å²) in [6, 6.07) is 12.8. The second-order valence-corrected chi connectivity index (χ2v) is 8.35. The van der Waals surface area contributed by atoms with E-state index in [1.807, 2.05) is 63.2 Å². The van der Waals surface area contributed by atoms with E-state index in [1.54, 1.807) is 6.20 Å². The zero-order chi connectivity index (χ0) is 20.1. The quantitative estimate of drug-likeness (QED) is 0.623. The topological polar surface area (TPSA) is 59.5 Å². The highest BCUT2D eigenvalue weighted by Crippen LogP contribution is 2.38. The number of carbonyl (C=O) groups is 2. The van der Waals surface area contributed by atoms with E-state index in [-0.39, 0.29) is 23.6 Å². The van der Waals surface area contributed by atoms with Gasteiger partial charge in [0.1, 0.15) is 5.75 Å². The van der Waals surface area contributed by atoms with Crippen LogP contribution in [0.15, 0.2) is 53.6 Å². The van der Waals surface area contributed by atoms with Crippen LogP contribution in [0.5, 0.6) is 5.75 Å². The molecule has 2 amide bonds. The highest BCUT2D eigenvalue weighted by Gasteiger charge is 2.39. The normalized spacial score (nSPS) is 14.4. The van der Waals surface area contributed by atoms with Gasteiger partial charge in [0.15, 0.2) is 0 Å². The molecule has 1 aromatic carbocycles. The molecule has 5 nitrogen and oxygen atoms in total. The predicted molar refractivity (Wildman–Crippen MR) is 112 cm³/mol. The van der Waals surface area contributed by atoms with Gasteiger partial charge in [0.25, 0.3) is 11.8 Å². The number of benzene rings is 1. The Kier molecular flexibility index (Phi) is 6.52. The third-order valence-corrected chi connectivity index (χ3v) is 5.23. The number of hydrogen-bond donors (Lipinski definition) is 0. The highest BCUT2D eigenvalue weighted by atomic mass is 32.2. The minimum atomic E-state index is -0.277. The number of amides is 2. The zero-order valence-corrected chi connectivity index (χ0v) is 17.2. The van der Waals surface area contributed by atoms with Crippen LogP contribution in [0.2, 0.25) is 0 Å². The van der Waals surface area contributed by atoms with Gasteiger partial charge in [0.2, 0.25) is 0 Å². The molecule has 6 heteroatoms. The molecule has 0 radical (unpaired) electrons. The van der Waals surface area contributed by atoms with E-state index in [0.29, 0.717) is 22.8 Å². The lowest BCUT2D eigenvalue weighted by atomic mass is 10.1. The standard InChI is InChI=1S/C22H24N2O3S/c1-4-13-27-18-10-8-16(9-11-18)19-20(28-15(2)3)22(26)24(21(19)25)14-17-7-5-6-12-23-17/h5-12,15H,4,13-14H2,1-3H3. The Balaban J connectivity index is 1.91. The van der Waals surface area contributed by atoms with Gasteiger partial charge < -0.3 is 4.74 Å². The van der Waals surface area contributed by atoms with Gasteiger partial charge in [0.05, 0.1) is 29.3 Å². The zero-order valence-electron chi connectivity index (χ0n) is 16.3. The van der Waals surface area contributed by atoms with Crippen LogP contribution in [0.4, 0.5) is 0 Å². The fraction of sp³-hybridized carbons (Fsp3) is 0.318. The van der Waals surface area contributed by atoms with Crippen molar-refractivity contribution in [1.29, 1.82) is 0 Å². The molecule has 1 aliphatic heterocycles. The molecule has 0 fully saturated rings. The van der Waals surface area contributed by atoms with E-state index < -0.39 is 0 Å². The molecule has 1 aliphatic rings. The summed E-state index contributed by atoms with van der Waals surface area (Å²) in [4.78, 5) is 32.2. The molecule has 146 valence electrons. The Bertz CT molecular complexity index is 876. The summed E-state index contributed by atoms with van der Waals surface area (Å²) in [6.07, 6.45) is 2.59. The maximum absolute atomic E-state index is 13.1. The van der Waals surface area contributed by atoms with Crippen molar-refractivity contribution in [1.82, 2.24) is 9.88 Å². The molecule has 1 aromatic heterocycles. The van der Waals surface area contributed by atoms with E-state index in [9.17, 15) is 9.59 Å². The van der Waals surface area contributed by atoms with Gasteiger partial charge in [-0.25, -0.2) is 0 Å². The van der Waals surface area contributed by atoms with Gasteiger partial charge >= 0.3 is 0 Å². The second-order valence-electron chi connectivity index (χ2n) is 6.76. The Morgan fingerprint density at radius 2 is 1.82 bits per heavy atom. The molecule has 0 spiro atoms. The molecule has 0 saturated heterocycles. The smallest absolute Gasteiger partial charge is 0.268 e. The molecule has 0 saturated carbocycles. The maximum Gasteiger partial charge on any atom is 0.268 e. The lowest BCUT2D eigenvalue weighted by Crippen LogP contribution is -2.31. The Labute approximate surface area is 169 Å². The van der Waals surface area contributed by atoms with Crippen LogP contribution in [0.25, 0.3) is 5.57 Å². The van der Waals surface area contributed by atoms with Crippen LogP contribution in [0, 0.1) is 0 Å². The van der Waals surface area contributed by atoms with Crippen molar-refractivity contribution < 1.29 is 14.3 Å². The number of imide groups is 1. The summed E-state index contributed by atoms with van der Waals surface area (Å²) in [5.41, 5.74) is 1.87. The van der Waals surface area contributed by atoms with E-state index in [0.717, 1.165) is 17.7 Å². The first-order valence-corrected chi connectivity index (χ1v) is 10.3. The van der Waals surface area contributed by atoms with E-state index >= 15 is 0 Å². The first kappa shape index (κ1) is 20.1. The third kappa shape index (κ3) is 4.44. The summed E-state index contributed by atoms with van der Waals surface area (Å²) >= 11 is 1.43. The lowest BCUT2D eigenvalue weighted by molar-refractivity contribution is -0.137. The molecule has 0 bridgehead atoms. The van der Waals surface area contributed by atoms with Crippen molar-refractivity contribution in [2.75, 3.05) is 6.61 Å². The third-order valence-electron chi connectivity index (χ3n) is 4.14. The number of nitrogens with zero attached hydrogens (tertiary/aromatic N) is 2. The SMILES string of the molecule is CCCOc1ccc(C2=C(SC(C)C)C(=O)N(Cc3ccccn3)C2=O)cc1. The van der Waals surface area contributed by atoms with Crippen molar-refractivity contribution in [2.24, 2.45) is 0 Å². The van der Waals surface area contributed by atoms with Crippen LogP contribution < -0.4 is 4.74 Å². The molecule has 3 rings (SSSR count). The van der Waals surface area contributed by atoms with Crippen LogP contribution >= 0.6 is 11.8 Å². The fourth-order valence-corrected chi connectivity index (χ4v) is 3.89. The minimum absolute atomic E-state index is 0.169. The van der Waals surface area contributed by atoms with Crippen molar-refractivity contribution in [3.63, 3.8) is 0 Å². The molecule has 2 heterocycles. The maximum atomic E-state index is 13.1. The van der Waals surface area contributed by atoms with E-state index in [4.69, 9.17) is 4.74 Å².